The first-order valence-corrected chi connectivity index (χ1v) is 6.53. The summed E-state index contributed by atoms with van der Waals surface area (Å²) in [5.74, 6) is -0.591. The number of benzene rings is 2. The van der Waals surface area contributed by atoms with Gasteiger partial charge in [0.05, 0.1) is 10.0 Å². The van der Waals surface area contributed by atoms with Gasteiger partial charge in [-0.05, 0) is 29.8 Å². The van der Waals surface area contributed by atoms with Gasteiger partial charge in [0.25, 0.3) is 0 Å². The van der Waals surface area contributed by atoms with Crippen molar-refractivity contribution >= 4 is 34.8 Å². The van der Waals surface area contributed by atoms with E-state index in [1.165, 1.54) is 0 Å². The maximum Gasteiger partial charge on any atom is 0.248 e. The number of anilines is 1. The molecule has 0 aliphatic heterocycles. The standard InChI is InChI=1S/C14H12Cl2N2O2/c15-11-5-10(6-12(16)13(11)19)18-7-8-1-3-9(4-2-8)14(17)20/h1-6,18-19H,7H2,(H2,17,20). The minimum atomic E-state index is -0.457. The van der Waals surface area contributed by atoms with Crippen LogP contribution in [0.1, 0.15) is 15.9 Å². The Kier molecular flexibility index (Phi) is 4.37. The molecule has 0 aliphatic carbocycles. The topological polar surface area (TPSA) is 75.4 Å². The second kappa shape index (κ2) is 6.03. The largest absolute Gasteiger partial charge is 0.505 e. The summed E-state index contributed by atoms with van der Waals surface area (Å²) < 4.78 is 0. The van der Waals surface area contributed by atoms with Crippen molar-refractivity contribution < 1.29 is 9.90 Å². The lowest BCUT2D eigenvalue weighted by atomic mass is 10.1. The van der Waals surface area contributed by atoms with Crippen LogP contribution in [-0.2, 0) is 6.54 Å². The Morgan fingerprint density at radius 1 is 1.15 bits per heavy atom. The summed E-state index contributed by atoms with van der Waals surface area (Å²) in [6.07, 6.45) is 0. The SMILES string of the molecule is NC(=O)c1ccc(CNc2cc(Cl)c(O)c(Cl)c2)cc1. The van der Waals surface area contributed by atoms with Crippen LogP contribution in [0.25, 0.3) is 0 Å². The summed E-state index contributed by atoms with van der Waals surface area (Å²) in [5.41, 5.74) is 7.29. The first-order chi connectivity index (χ1) is 9.47. The first kappa shape index (κ1) is 14.5. The van der Waals surface area contributed by atoms with E-state index in [-0.39, 0.29) is 15.8 Å². The van der Waals surface area contributed by atoms with E-state index in [0.29, 0.717) is 17.8 Å². The second-order valence-corrected chi connectivity index (χ2v) is 5.02. The monoisotopic (exact) mass is 310 g/mol. The molecule has 20 heavy (non-hydrogen) atoms. The van der Waals surface area contributed by atoms with Gasteiger partial charge in [-0.1, -0.05) is 35.3 Å². The fraction of sp³-hybridized carbons (Fsp3) is 0.0714. The van der Waals surface area contributed by atoms with Crippen molar-refractivity contribution in [2.45, 2.75) is 6.54 Å². The van der Waals surface area contributed by atoms with Gasteiger partial charge >= 0.3 is 0 Å². The molecule has 0 spiro atoms. The summed E-state index contributed by atoms with van der Waals surface area (Å²) in [6.45, 7) is 0.524. The number of rotatable bonds is 4. The zero-order valence-corrected chi connectivity index (χ0v) is 11.9. The number of nitrogens with two attached hydrogens (primary N) is 1. The van der Waals surface area contributed by atoms with Crippen molar-refractivity contribution in [2.24, 2.45) is 5.73 Å². The lowest BCUT2D eigenvalue weighted by Gasteiger charge is -2.09. The van der Waals surface area contributed by atoms with E-state index in [1.807, 2.05) is 0 Å². The normalized spacial score (nSPS) is 10.3. The lowest BCUT2D eigenvalue weighted by molar-refractivity contribution is 0.100. The molecule has 0 radical (unpaired) electrons. The summed E-state index contributed by atoms with van der Waals surface area (Å²) >= 11 is 11.7. The van der Waals surface area contributed by atoms with Crippen LogP contribution in [0.2, 0.25) is 10.0 Å². The van der Waals surface area contributed by atoms with Crippen LogP contribution in [-0.4, -0.2) is 11.0 Å². The van der Waals surface area contributed by atoms with Gasteiger partial charge in [0.1, 0.15) is 0 Å². The molecule has 0 unspecified atom stereocenters. The molecule has 6 heteroatoms. The molecule has 0 aromatic heterocycles. The van der Waals surface area contributed by atoms with Gasteiger partial charge in [-0.25, -0.2) is 0 Å². The van der Waals surface area contributed by atoms with Crippen LogP contribution in [0.15, 0.2) is 36.4 Å². The summed E-state index contributed by atoms with van der Waals surface area (Å²) in [4.78, 5) is 11.0. The number of phenols is 1. The molecule has 2 aromatic carbocycles. The average Bonchev–Trinajstić information content (AvgIpc) is 2.42. The zero-order valence-electron chi connectivity index (χ0n) is 10.4. The van der Waals surface area contributed by atoms with Gasteiger partial charge in [0.2, 0.25) is 5.91 Å². The van der Waals surface area contributed by atoms with Gasteiger partial charge < -0.3 is 16.2 Å². The van der Waals surface area contributed by atoms with E-state index in [9.17, 15) is 9.90 Å². The molecule has 0 saturated heterocycles. The quantitative estimate of drug-likeness (QED) is 0.757. The van der Waals surface area contributed by atoms with E-state index >= 15 is 0 Å². The van der Waals surface area contributed by atoms with Gasteiger partial charge in [-0.3, -0.25) is 4.79 Å². The number of aromatic hydroxyl groups is 1. The van der Waals surface area contributed by atoms with Crippen molar-refractivity contribution in [2.75, 3.05) is 5.32 Å². The van der Waals surface area contributed by atoms with Gasteiger partial charge in [0.15, 0.2) is 5.75 Å². The number of carbonyl (C=O) groups is 1. The molecule has 0 bridgehead atoms. The van der Waals surface area contributed by atoms with Crippen molar-refractivity contribution in [1.29, 1.82) is 0 Å². The molecule has 2 rings (SSSR count). The van der Waals surface area contributed by atoms with Crippen LogP contribution in [0.3, 0.4) is 0 Å². The number of carbonyl (C=O) groups excluding carboxylic acids is 1. The number of hydrogen-bond donors (Lipinski definition) is 3. The number of primary amides is 1. The Balaban J connectivity index is 2.07. The van der Waals surface area contributed by atoms with Crippen LogP contribution in [0.5, 0.6) is 5.75 Å². The third kappa shape index (κ3) is 3.35. The zero-order chi connectivity index (χ0) is 14.7. The number of halogens is 2. The smallest absolute Gasteiger partial charge is 0.248 e. The molecule has 0 atom stereocenters. The molecule has 0 saturated carbocycles. The third-order valence-electron chi connectivity index (χ3n) is 2.75. The molecule has 4 nitrogen and oxygen atoms in total. The number of phenolic OH excluding ortho intramolecular Hbond substituents is 1. The van der Waals surface area contributed by atoms with Crippen LogP contribution < -0.4 is 11.1 Å². The fourth-order valence-electron chi connectivity index (χ4n) is 1.66. The van der Waals surface area contributed by atoms with E-state index < -0.39 is 5.91 Å². The minimum absolute atomic E-state index is 0.135. The van der Waals surface area contributed by atoms with E-state index in [2.05, 4.69) is 5.32 Å². The minimum Gasteiger partial charge on any atom is -0.505 e. The van der Waals surface area contributed by atoms with Crippen molar-refractivity contribution in [3.8, 4) is 5.75 Å². The van der Waals surface area contributed by atoms with Crippen molar-refractivity contribution in [3.63, 3.8) is 0 Å². The number of nitrogens with one attached hydrogen (secondary N) is 1. The van der Waals surface area contributed by atoms with E-state index in [0.717, 1.165) is 5.56 Å². The Hall–Kier alpha value is -1.91. The number of hydrogen-bond acceptors (Lipinski definition) is 3. The predicted octanol–water partition coefficient (Wildman–Crippen LogP) is 3.41. The molecule has 0 heterocycles. The van der Waals surface area contributed by atoms with Gasteiger partial charge in [-0.2, -0.15) is 0 Å². The second-order valence-electron chi connectivity index (χ2n) is 4.20. The first-order valence-electron chi connectivity index (χ1n) is 5.78. The molecule has 1 amide bonds. The highest BCUT2D eigenvalue weighted by molar-refractivity contribution is 6.37. The third-order valence-corrected chi connectivity index (χ3v) is 3.33. The Labute approximate surface area is 126 Å². The highest BCUT2D eigenvalue weighted by atomic mass is 35.5. The molecule has 104 valence electrons. The molecular weight excluding hydrogens is 299 g/mol. The Bertz CT molecular complexity index is 619. The van der Waals surface area contributed by atoms with Crippen molar-refractivity contribution in [3.05, 3.63) is 57.6 Å². The van der Waals surface area contributed by atoms with E-state index in [4.69, 9.17) is 28.9 Å². The maximum absolute atomic E-state index is 11.0. The molecule has 2 aromatic rings. The molecule has 0 fully saturated rings. The molecular formula is C14H12Cl2N2O2. The molecule has 0 aliphatic rings. The molecule has 4 N–H and O–H groups in total. The Morgan fingerprint density at radius 2 is 1.70 bits per heavy atom. The van der Waals surface area contributed by atoms with Crippen LogP contribution in [0.4, 0.5) is 5.69 Å². The van der Waals surface area contributed by atoms with Gasteiger partial charge in [-0.15, -0.1) is 0 Å². The summed E-state index contributed by atoms with van der Waals surface area (Å²) in [7, 11) is 0. The predicted molar refractivity (Wildman–Crippen MR) is 80.4 cm³/mol. The summed E-state index contributed by atoms with van der Waals surface area (Å²) in [6, 6.07) is 10.1. The highest BCUT2D eigenvalue weighted by Gasteiger charge is 2.06. The Morgan fingerprint density at radius 3 is 2.20 bits per heavy atom. The van der Waals surface area contributed by atoms with E-state index in [1.54, 1.807) is 36.4 Å². The lowest BCUT2D eigenvalue weighted by Crippen LogP contribution is -2.10. The maximum atomic E-state index is 11.0. The van der Waals surface area contributed by atoms with Gasteiger partial charge in [0, 0.05) is 17.8 Å². The fourth-order valence-corrected chi connectivity index (χ4v) is 2.15. The highest BCUT2D eigenvalue weighted by Crippen LogP contribution is 2.34. The van der Waals surface area contributed by atoms with Crippen molar-refractivity contribution in [1.82, 2.24) is 0 Å². The average molecular weight is 311 g/mol. The van der Waals surface area contributed by atoms with Crippen LogP contribution in [0, 0.1) is 0 Å². The van der Waals surface area contributed by atoms with Crippen LogP contribution >= 0.6 is 23.2 Å². The number of amides is 1. The summed E-state index contributed by atoms with van der Waals surface area (Å²) in [5, 5.41) is 13.0.